The largest absolute Gasteiger partial charge is 0.598 e. The Balaban J connectivity index is 3.12. The first kappa shape index (κ1) is 18.5. The van der Waals surface area contributed by atoms with Gasteiger partial charge in [-0.1, -0.05) is 22.0 Å². The summed E-state index contributed by atoms with van der Waals surface area (Å²) in [4.78, 5) is 0. The van der Waals surface area contributed by atoms with Crippen molar-refractivity contribution in [2.45, 2.75) is 37.7 Å². The Labute approximate surface area is 134 Å². The molecule has 21 heavy (non-hydrogen) atoms. The van der Waals surface area contributed by atoms with Crippen molar-refractivity contribution in [3.05, 3.63) is 46.5 Å². The summed E-state index contributed by atoms with van der Waals surface area (Å²) >= 11 is 1.65. The van der Waals surface area contributed by atoms with Crippen LogP contribution in [0.3, 0.4) is 0 Å². The van der Waals surface area contributed by atoms with Gasteiger partial charge < -0.3 is 4.55 Å². The van der Waals surface area contributed by atoms with Crippen LogP contribution in [0.5, 0.6) is 0 Å². The second-order valence-corrected chi connectivity index (χ2v) is 8.40. The average molecular weight is 384 g/mol. The fraction of sp³-hybridized carbons (Fsp3) is 0.429. The van der Waals surface area contributed by atoms with Gasteiger partial charge in [0.05, 0.1) is 11.6 Å². The van der Waals surface area contributed by atoms with Gasteiger partial charge in [-0.3, -0.25) is 0 Å². The highest BCUT2D eigenvalue weighted by Crippen LogP contribution is 2.34. The summed E-state index contributed by atoms with van der Waals surface area (Å²) in [6.07, 6.45) is -3.00. The first-order chi connectivity index (χ1) is 9.45. The Morgan fingerprint density at radius 1 is 1.29 bits per heavy atom. The van der Waals surface area contributed by atoms with Gasteiger partial charge in [-0.2, -0.15) is 13.2 Å². The lowest BCUT2D eigenvalue weighted by Gasteiger charge is -2.27. The molecule has 0 spiro atoms. The van der Waals surface area contributed by atoms with Crippen LogP contribution in [-0.2, 0) is 17.5 Å². The molecule has 0 aliphatic carbocycles. The standard InChI is InChI=1S/C14H17BrF3NOS/c1-5-12(19-21(20)13(2,3)4)9-6-10(14(16,17)18)8-11(15)7-9/h5-8,12,19H,1H2,2-4H3/t12-,21?/m1/s1. The molecule has 2 nitrogen and oxygen atoms in total. The highest BCUT2D eigenvalue weighted by Gasteiger charge is 2.33. The summed E-state index contributed by atoms with van der Waals surface area (Å²) in [5, 5.41) is 0. The van der Waals surface area contributed by atoms with E-state index in [1.54, 1.807) is 26.8 Å². The minimum Gasteiger partial charge on any atom is -0.598 e. The van der Waals surface area contributed by atoms with Gasteiger partial charge in [0.2, 0.25) is 0 Å². The number of alkyl halides is 3. The third kappa shape index (κ3) is 5.32. The van der Waals surface area contributed by atoms with Crippen LogP contribution < -0.4 is 4.72 Å². The Hall–Kier alpha value is -0.500. The van der Waals surface area contributed by atoms with Crippen LogP contribution in [0, 0.1) is 0 Å². The maximum absolute atomic E-state index is 12.8. The maximum atomic E-state index is 12.8. The predicted octanol–water partition coefficient (Wildman–Crippen LogP) is 4.75. The van der Waals surface area contributed by atoms with Gasteiger partial charge in [-0.05, 0) is 44.5 Å². The van der Waals surface area contributed by atoms with Crippen LogP contribution in [0.1, 0.15) is 37.9 Å². The SMILES string of the molecule is C=C[C@@H](N[S+]([O-])C(C)(C)C)c1cc(Br)cc(C(F)(F)F)c1. The third-order valence-corrected chi connectivity index (χ3v) is 4.67. The molecule has 1 rings (SSSR count). The van der Waals surface area contributed by atoms with E-state index < -0.39 is 33.9 Å². The molecule has 0 saturated carbocycles. The fourth-order valence-electron chi connectivity index (χ4n) is 1.50. The van der Waals surface area contributed by atoms with Crippen molar-refractivity contribution in [2.24, 2.45) is 0 Å². The molecule has 0 bridgehead atoms. The zero-order valence-corrected chi connectivity index (χ0v) is 14.3. The van der Waals surface area contributed by atoms with Crippen molar-refractivity contribution >= 4 is 27.3 Å². The number of benzene rings is 1. The molecule has 7 heteroatoms. The second-order valence-electron chi connectivity index (χ2n) is 5.48. The molecule has 1 aromatic rings. The quantitative estimate of drug-likeness (QED) is 0.601. The molecule has 1 unspecified atom stereocenters. The van der Waals surface area contributed by atoms with E-state index in [1.807, 2.05) is 0 Å². The Kier molecular flexibility index (Phi) is 5.94. The molecule has 118 valence electrons. The molecular formula is C14H17BrF3NOS. The summed E-state index contributed by atoms with van der Waals surface area (Å²) in [5.74, 6) is 0. The second kappa shape index (κ2) is 6.73. The lowest BCUT2D eigenvalue weighted by molar-refractivity contribution is -0.137. The van der Waals surface area contributed by atoms with E-state index in [2.05, 4.69) is 27.2 Å². The lowest BCUT2D eigenvalue weighted by Crippen LogP contribution is -2.40. The van der Waals surface area contributed by atoms with Gasteiger partial charge in [0, 0.05) is 15.8 Å². The molecule has 0 saturated heterocycles. The summed E-state index contributed by atoms with van der Waals surface area (Å²) in [6.45, 7) is 8.93. The van der Waals surface area contributed by atoms with Crippen LogP contribution in [-0.4, -0.2) is 9.30 Å². The van der Waals surface area contributed by atoms with Gasteiger partial charge >= 0.3 is 6.18 Å². The fourth-order valence-corrected chi connectivity index (χ4v) is 2.83. The predicted molar refractivity (Wildman–Crippen MR) is 83.1 cm³/mol. The van der Waals surface area contributed by atoms with Crippen LogP contribution in [0.4, 0.5) is 13.2 Å². The van der Waals surface area contributed by atoms with E-state index in [9.17, 15) is 17.7 Å². The van der Waals surface area contributed by atoms with E-state index in [0.29, 0.717) is 10.0 Å². The molecular weight excluding hydrogens is 367 g/mol. The topological polar surface area (TPSA) is 35.1 Å². The zero-order chi connectivity index (χ0) is 16.4. The van der Waals surface area contributed by atoms with Crippen LogP contribution in [0.2, 0.25) is 0 Å². The summed E-state index contributed by atoms with van der Waals surface area (Å²) in [7, 11) is 0. The van der Waals surface area contributed by atoms with E-state index in [4.69, 9.17) is 0 Å². The van der Waals surface area contributed by atoms with Crippen molar-refractivity contribution in [1.82, 2.24) is 4.72 Å². The molecule has 1 aromatic carbocycles. The normalized spacial score (nSPS) is 15.6. The smallest absolute Gasteiger partial charge is 0.416 e. The van der Waals surface area contributed by atoms with E-state index in [1.165, 1.54) is 6.08 Å². The van der Waals surface area contributed by atoms with E-state index in [-0.39, 0.29) is 0 Å². The lowest BCUT2D eigenvalue weighted by atomic mass is 10.0. The molecule has 0 amide bonds. The minimum atomic E-state index is -4.44. The molecule has 0 aliphatic heterocycles. The molecule has 1 N–H and O–H groups in total. The van der Waals surface area contributed by atoms with Gasteiger partial charge in [0.1, 0.15) is 4.75 Å². The van der Waals surface area contributed by atoms with Gasteiger partial charge in [-0.15, -0.1) is 11.3 Å². The number of nitrogens with one attached hydrogen (secondary N) is 1. The summed E-state index contributed by atoms with van der Waals surface area (Å²) < 4.78 is 53.2. The highest BCUT2D eigenvalue weighted by atomic mass is 79.9. The number of halogens is 4. The first-order valence-electron chi connectivity index (χ1n) is 6.13. The van der Waals surface area contributed by atoms with E-state index in [0.717, 1.165) is 12.1 Å². The molecule has 0 aromatic heterocycles. The van der Waals surface area contributed by atoms with Gasteiger partial charge in [0.25, 0.3) is 0 Å². The van der Waals surface area contributed by atoms with Gasteiger partial charge in [0.15, 0.2) is 0 Å². The average Bonchev–Trinajstić information content (AvgIpc) is 2.32. The Bertz CT molecular complexity index is 514. The molecule has 0 fully saturated rings. The summed E-state index contributed by atoms with van der Waals surface area (Å²) in [6, 6.07) is 2.95. The van der Waals surface area contributed by atoms with Crippen molar-refractivity contribution in [3.63, 3.8) is 0 Å². The molecule has 0 heterocycles. The highest BCUT2D eigenvalue weighted by molar-refractivity contribution is 9.10. The monoisotopic (exact) mass is 383 g/mol. The van der Waals surface area contributed by atoms with Crippen molar-refractivity contribution in [2.75, 3.05) is 0 Å². The number of hydrogen-bond donors (Lipinski definition) is 1. The van der Waals surface area contributed by atoms with Crippen molar-refractivity contribution in [3.8, 4) is 0 Å². The van der Waals surface area contributed by atoms with Crippen LogP contribution in [0.25, 0.3) is 0 Å². The number of hydrogen-bond acceptors (Lipinski definition) is 2. The molecule has 0 aliphatic rings. The summed E-state index contributed by atoms with van der Waals surface area (Å²) in [5.41, 5.74) is -0.411. The molecule has 0 radical (unpaired) electrons. The maximum Gasteiger partial charge on any atom is 0.416 e. The van der Waals surface area contributed by atoms with Crippen molar-refractivity contribution in [1.29, 1.82) is 0 Å². The van der Waals surface area contributed by atoms with Crippen LogP contribution >= 0.6 is 15.9 Å². The van der Waals surface area contributed by atoms with E-state index >= 15 is 0 Å². The number of rotatable bonds is 4. The third-order valence-electron chi connectivity index (χ3n) is 2.63. The van der Waals surface area contributed by atoms with Crippen molar-refractivity contribution < 1.29 is 17.7 Å². The van der Waals surface area contributed by atoms with Gasteiger partial charge in [-0.25, -0.2) is 0 Å². The van der Waals surface area contributed by atoms with Crippen LogP contribution in [0.15, 0.2) is 35.3 Å². The minimum absolute atomic E-state index is 0.308. The molecule has 2 atom stereocenters. The Morgan fingerprint density at radius 3 is 2.29 bits per heavy atom. The Morgan fingerprint density at radius 2 is 1.86 bits per heavy atom. The first-order valence-corrected chi connectivity index (χ1v) is 8.07. The zero-order valence-electron chi connectivity index (χ0n) is 11.9.